The monoisotopic (exact) mass is 412 g/mol. The van der Waals surface area contributed by atoms with Gasteiger partial charge in [-0.1, -0.05) is 18.9 Å². The van der Waals surface area contributed by atoms with E-state index in [1.165, 1.54) is 18.2 Å². The van der Waals surface area contributed by atoms with Gasteiger partial charge in [0.05, 0.1) is 0 Å². The molecule has 9 heteroatoms. The number of rotatable bonds is 9. The highest BCUT2D eigenvalue weighted by Gasteiger charge is 2.23. The minimum absolute atomic E-state index is 0.121. The number of hydrogen-bond acceptors (Lipinski definition) is 3. The first-order chi connectivity index (χ1) is 11.2. The lowest BCUT2D eigenvalue weighted by molar-refractivity contribution is -0.135. The summed E-state index contributed by atoms with van der Waals surface area (Å²) in [6.07, 6.45) is 4.27. The van der Waals surface area contributed by atoms with Gasteiger partial charge in [0.2, 0.25) is 0 Å². The molecule has 4 nitrogen and oxygen atoms in total. The Balaban J connectivity index is 2.48. The highest BCUT2D eigenvalue weighted by atomic mass is 35.8. The van der Waals surface area contributed by atoms with Gasteiger partial charge < -0.3 is 9.84 Å². The molecule has 1 rings (SSSR count). The maximum absolute atomic E-state index is 13.6. The molecule has 0 fully saturated rings. The molecule has 0 aromatic heterocycles. The quantitative estimate of drug-likeness (QED) is 0.154. The van der Waals surface area contributed by atoms with Gasteiger partial charge in [-0.25, -0.2) is 9.18 Å². The Hall–Kier alpha value is -1.08. The maximum Gasteiger partial charge on any atom is 0.341 e. The lowest BCUT2D eigenvalue weighted by Crippen LogP contribution is -2.10. The molecule has 0 saturated carbocycles. The molecule has 0 heterocycles. The Labute approximate surface area is 154 Å². The summed E-state index contributed by atoms with van der Waals surface area (Å²) in [6, 6.07) is 1.66. The molecule has 1 aromatic rings. The smallest absolute Gasteiger partial charge is 0.341 e. The minimum atomic E-state index is -2.62. The number of halogens is 4. The van der Waals surface area contributed by atoms with E-state index in [1.54, 1.807) is 0 Å². The second-order valence-electron chi connectivity index (χ2n) is 5.01. The van der Waals surface area contributed by atoms with E-state index in [9.17, 15) is 14.0 Å². The van der Waals surface area contributed by atoms with Crippen molar-refractivity contribution in [2.75, 3.05) is 0 Å². The van der Waals surface area contributed by atoms with E-state index in [2.05, 4.69) is 0 Å². The molecule has 0 aliphatic rings. The number of carbonyl (C=O) groups excluding carboxylic acids is 1. The second kappa shape index (κ2) is 10.0. The van der Waals surface area contributed by atoms with Crippen molar-refractivity contribution in [3.8, 4) is 5.75 Å². The summed E-state index contributed by atoms with van der Waals surface area (Å²) in [7, 11) is 0. The third-order valence-electron chi connectivity index (χ3n) is 2.94. The molecule has 0 atom stereocenters. The van der Waals surface area contributed by atoms with E-state index in [1.807, 2.05) is 0 Å². The van der Waals surface area contributed by atoms with Crippen LogP contribution in [-0.2, 0) is 9.59 Å². The van der Waals surface area contributed by atoms with Crippen LogP contribution in [0, 0.1) is 5.82 Å². The van der Waals surface area contributed by atoms with Crippen LogP contribution in [0.15, 0.2) is 24.3 Å². The first-order valence-corrected chi connectivity index (χ1v) is 12.4. The summed E-state index contributed by atoms with van der Waals surface area (Å²) >= 11 is 17.3. The summed E-state index contributed by atoms with van der Waals surface area (Å²) in [6.45, 7) is 0. The Morgan fingerprint density at radius 3 is 2.54 bits per heavy atom. The summed E-state index contributed by atoms with van der Waals surface area (Å²) in [5.74, 6) is -2.63. The molecule has 0 aliphatic heterocycles. The summed E-state index contributed by atoms with van der Waals surface area (Å²) < 4.78 is 18.6. The number of unbranched alkanes of at least 4 members (excludes halogenated alkanes) is 2. The van der Waals surface area contributed by atoms with Crippen LogP contribution in [-0.4, -0.2) is 23.0 Å². The van der Waals surface area contributed by atoms with Gasteiger partial charge in [0.1, 0.15) is 0 Å². The molecular formula is C15H16Cl3FO4Si. The van der Waals surface area contributed by atoms with Gasteiger partial charge in [-0.15, -0.1) is 33.2 Å². The fourth-order valence-electron chi connectivity index (χ4n) is 1.81. The number of aliphatic carboxylic acids is 1. The number of carboxylic acid groups (broad SMARTS) is 1. The molecule has 0 radical (unpaired) electrons. The zero-order chi connectivity index (χ0) is 18.2. The number of ether oxygens (including phenoxy) is 1. The molecule has 0 saturated heterocycles. The molecule has 0 spiro atoms. The first-order valence-electron chi connectivity index (χ1n) is 7.15. The molecule has 24 heavy (non-hydrogen) atoms. The van der Waals surface area contributed by atoms with Crippen molar-refractivity contribution < 1.29 is 23.8 Å². The summed E-state index contributed by atoms with van der Waals surface area (Å²) in [4.78, 5) is 22.2. The van der Waals surface area contributed by atoms with Gasteiger partial charge in [-0.2, -0.15) is 0 Å². The highest BCUT2D eigenvalue weighted by molar-refractivity contribution is 7.64. The van der Waals surface area contributed by atoms with Gasteiger partial charge in [-0.05, 0) is 36.2 Å². The Kier molecular flexibility index (Phi) is 8.76. The molecule has 0 amide bonds. The van der Waals surface area contributed by atoms with Gasteiger partial charge in [0.15, 0.2) is 11.6 Å². The number of carboxylic acids is 1. The van der Waals surface area contributed by atoms with Gasteiger partial charge in [-0.3, -0.25) is 4.79 Å². The topological polar surface area (TPSA) is 63.6 Å². The lowest BCUT2D eigenvalue weighted by atomic mass is 10.2. The largest absolute Gasteiger partial charge is 0.478 e. The van der Waals surface area contributed by atoms with E-state index < -0.39 is 23.8 Å². The molecule has 0 aliphatic carbocycles. The highest BCUT2D eigenvalue weighted by Crippen LogP contribution is 2.27. The number of hydrogen-bond donors (Lipinski definition) is 1. The number of esters is 1. The van der Waals surface area contributed by atoms with Crippen LogP contribution in [0.1, 0.15) is 31.2 Å². The van der Waals surface area contributed by atoms with E-state index >= 15 is 0 Å². The van der Waals surface area contributed by atoms with Crippen molar-refractivity contribution in [1.82, 2.24) is 0 Å². The predicted molar refractivity (Wildman–Crippen MR) is 95.3 cm³/mol. The minimum Gasteiger partial charge on any atom is -0.478 e. The maximum atomic E-state index is 13.6. The van der Waals surface area contributed by atoms with Crippen LogP contribution in [0.3, 0.4) is 0 Å². The van der Waals surface area contributed by atoms with E-state index in [0.29, 0.717) is 30.9 Å². The van der Waals surface area contributed by atoms with Crippen molar-refractivity contribution in [1.29, 1.82) is 0 Å². The predicted octanol–water partition coefficient (Wildman–Crippen LogP) is 5.04. The third kappa shape index (κ3) is 9.27. The summed E-state index contributed by atoms with van der Waals surface area (Å²) in [5, 5.41) is 8.57. The molecule has 1 aromatic carbocycles. The number of carbonyl (C=O) groups is 2. The van der Waals surface area contributed by atoms with Crippen molar-refractivity contribution in [3.05, 3.63) is 35.7 Å². The van der Waals surface area contributed by atoms with Gasteiger partial charge >= 0.3 is 17.9 Å². The summed E-state index contributed by atoms with van der Waals surface area (Å²) in [5.41, 5.74) is 0.411. The second-order valence-corrected chi connectivity index (χ2v) is 14.3. The Bertz CT molecular complexity index is 617. The fourth-order valence-corrected chi connectivity index (χ4v) is 3.67. The zero-order valence-electron chi connectivity index (χ0n) is 12.6. The van der Waals surface area contributed by atoms with Crippen molar-refractivity contribution in [3.63, 3.8) is 0 Å². The molecule has 1 N–H and O–H groups in total. The van der Waals surface area contributed by atoms with Crippen LogP contribution in [0.5, 0.6) is 5.75 Å². The van der Waals surface area contributed by atoms with Crippen molar-refractivity contribution in [2.24, 2.45) is 0 Å². The molecule has 0 bridgehead atoms. The first kappa shape index (κ1) is 21.0. The van der Waals surface area contributed by atoms with Crippen LogP contribution >= 0.6 is 33.2 Å². The molecular weight excluding hydrogens is 398 g/mol. The van der Waals surface area contributed by atoms with Crippen LogP contribution in [0.2, 0.25) is 6.04 Å². The number of benzene rings is 1. The van der Waals surface area contributed by atoms with Crippen LogP contribution < -0.4 is 4.74 Å². The van der Waals surface area contributed by atoms with Crippen LogP contribution in [0.4, 0.5) is 4.39 Å². The van der Waals surface area contributed by atoms with Gasteiger partial charge in [0, 0.05) is 12.5 Å². The SMILES string of the molecule is O=C(O)C=Cc1ccc(F)c(OC(=O)CCCCC[Si](Cl)(Cl)Cl)c1. The van der Waals surface area contributed by atoms with Gasteiger partial charge in [0.25, 0.3) is 0 Å². The molecule has 0 unspecified atom stereocenters. The lowest BCUT2D eigenvalue weighted by Gasteiger charge is -2.08. The van der Waals surface area contributed by atoms with E-state index in [0.717, 1.165) is 12.1 Å². The van der Waals surface area contributed by atoms with Crippen LogP contribution in [0.25, 0.3) is 6.08 Å². The Morgan fingerprint density at radius 2 is 1.92 bits per heavy atom. The Morgan fingerprint density at radius 1 is 1.21 bits per heavy atom. The average Bonchev–Trinajstić information content (AvgIpc) is 2.46. The van der Waals surface area contributed by atoms with Crippen molar-refractivity contribution >= 4 is 57.3 Å². The van der Waals surface area contributed by atoms with Crippen molar-refractivity contribution in [2.45, 2.75) is 31.7 Å². The normalized spacial score (nSPS) is 11.7. The zero-order valence-corrected chi connectivity index (χ0v) is 15.9. The fraction of sp³-hybridized carbons (Fsp3) is 0.333. The third-order valence-corrected chi connectivity index (χ3v) is 5.56. The van der Waals surface area contributed by atoms with E-state index in [-0.39, 0.29) is 12.2 Å². The van der Waals surface area contributed by atoms with E-state index in [4.69, 9.17) is 43.1 Å². The molecule has 132 valence electrons. The standard InChI is InChI=1S/C15H16Cl3FO4Si/c16-24(17,18)9-3-1-2-4-15(22)23-13-10-11(5-7-12(13)19)6-8-14(20)21/h5-8,10H,1-4,9H2,(H,20,21). The average molecular weight is 414 g/mol.